The van der Waals surface area contributed by atoms with Gasteiger partial charge in [-0.1, -0.05) is 33.6 Å². The van der Waals surface area contributed by atoms with Crippen molar-refractivity contribution < 1.29 is 14.7 Å². The molecule has 0 unspecified atom stereocenters. The van der Waals surface area contributed by atoms with Crippen molar-refractivity contribution in [1.29, 1.82) is 0 Å². The summed E-state index contributed by atoms with van der Waals surface area (Å²) in [7, 11) is 0. The highest BCUT2D eigenvalue weighted by Gasteiger charge is 2.17. The van der Waals surface area contributed by atoms with Crippen LogP contribution >= 0.6 is 0 Å². The van der Waals surface area contributed by atoms with Crippen molar-refractivity contribution in [1.82, 2.24) is 4.90 Å². The number of unbranched alkanes of at least 4 members (excludes halogenated alkanes) is 2. The van der Waals surface area contributed by atoms with Crippen molar-refractivity contribution in [3.05, 3.63) is 0 Å². The van der Waals surface area contributed by atoms with E-state index in [1.54, 1.807) is 4.90 Å². The summed E-state index contributed by atoms with van der Waals surface area (Å²) in [6, 6.07) is 0. The van der Waals surface area contributed by atoms with Crippen LogP contribution in [0.4, 0.5) is 0 Å². The lowest BCUT2D eigenvalue weighted by atomic mass is 10.1. The van der Waals surface area contributed by atoms with E-state index in [0.29, 0.717) is 13.1 Å². The molecular weight excluding hydrogens is 206 g/mol. The van der Waals surface area contributed by atoms with Crippen LogP contribution in [-0.2, 0) is 9.59 Å². The average molecular weight is 229 g/mol. The van der Waals surface area contributed by atoms with Crippen molar-refractivity contribution in [2.75, 3.05) is 13.1 Å². The van der Waals surface area contributed by atoms with Gasteiger partial charge < -0.3 is 10.0 Å². The smallest absolute Gasteiger partial charge is 0.305 e. The van der Waals surface area contributed by atoms with E-state index in [-0.39, 0.29) is 18.2 Å². The van der Waals surface area contributed by atoms with Crippen LogP contribution in [0.25, 0.3) is 0 Å². The minimum absolute atomic E-state index is 0.0323. The minimum Gasteiger partial charge on any atom is -0.481 e. The van der Waals surface area contributed by atoms with Crippen LogP contribution in [0.2, 0.25) is 0 Å². The van der Waals surface area contributed by atoms with Gasteiger partial charge in [0.15, 0.2) is 0 Å². The molecule has 16 heavy (non-hydrogen) atoms. The van der Waals surface area contributed by atoms with Crippen LogP contribution < -0.4 is 0 Å². The number of hydrogen-bond acceptors (Lipinski definition) is 2. The van der Waals surface area contributed by atoms with E-state index in [1.165, 1.54) is 0 Å². The Kier molecular flexibility index (Phi) is 7.60. The summed E-state index contributed by atoms with van der Waals surface area (Å²) < 4.78 is 0. The molecule has 0 saturated carbocycles. The molecule has 4 heteroatoms. The van der Waals surface area contributed by atoms with Gasteiger partial charge in [0.05, 0.1) is 6.42 Å². The fraction of sp³-hybridized carbons (Fsp3) is 0.833. The van der Waals surface area contributed by atoms with Gasteiger partial charge in [0.25, 0.3) is 0 Å². The van der Waals surface area contributed by atoms with Gasteiger partial charge in [0, 0.05) is 19.0 Å². The molecule has 0 radical (unpaired) electrons. The zero-order valence-corrected chi connectivity index (χ0v) is 10.5. The van der Waals surface area contributed by atoms with Gasteiger partial charge in [-0.25, -0.2) is 0 Å². The summed E-state index contributed by atoms with van der Waals surface area (Å²) in [5, 5.41) is 8.62. The Morgan fingerprint density at radius 3 is 2.25 bits per heavy atom. The lowest BCUT2D eigenvalue weighted by Gasteiger charge is -2.23. The van der Waals surface area contributed by atoms with E-state index in [9.17, 15) is 9.59 Å². The molecular formula is C12H23NO3. The van der Waals surface area contributed by atoms with Crippen LogP contribution in [0, 0.1) is 5.92 Å². The number of hydrogen-bond donors (Lipinski definition) is 1. The van der Waals surface area contributed by atoms with Crippen LogP contribution in [0.15, 0.2) is 0 Å². The molecule has 0 aromatic rings. The van der Waals surface area contributed by atoms with E-state index in [2.05, 4.69) is 6.92 Å². The van der Waals surface area contributed by atoms with Gasteiger partial charge in [-0.3, -0.25) is 9.59 Å². The molecule has 0 atom stereocenters. The van der Waals surface area contributed by atoms with Crippen molar-refractivity contribution in [2.45, 2.75) is 46.5 Å². The van der Waals surface area contributed by atoms with Gasteiger partial charge in [-0.15, -0.1) is 0 Å². The molecule has 0 aliphatic heterocycles. The number of amides is 1. The molecule has 0 aromatic heterocycles. The number of nitrogens with zero attached hydrogens (tertiary/aromatic N) is 1. The Morgan fingerprint density at radius 2 is 1.81 bits per heavy atom. The first-order valence-corrected chi connectivity index (χ1v) is 5.99. The van der Waals surface area contributed by atoms with Gasteiger partial charge in [-0.2, -0.15) is 0 Å². The number of carbonyl (C=O) groups is 2. The Balaban J connectivity index is 4.15. The molecule has 4 nitrogen and oxygen atoms in total. The fourth-order valence-corrected chi connectivity index (χ4v) is 1.48. The second-order valence-corrected chi connectivity index (χ2v) is 4.33. The first kappa shape index (κ1) is 14.9. The largest absolute Gasteiger partial charge is 0.481 e. The van der Waals surface area contributed by atoms with Crippen molar-refractivity contribution in [2.24, 2.45) is 5.92 Å². The summed E-state index contributed by atoms with van der Waals surface area (Å²) >= 11 is 0. The van der Waals surface area contributed by atoms with E-state index in [4.69, 9.17) is 5.11 Å². The maximum Gasteiger partial charge on any atom is 0.305 e. The van der Waals surface area contributed by atoms with E-state index < -0.39 is 5.97 Å². The molecule has 0 saturated heterocycles. The third-order valence-corrected chi connectivity index (χ3v) is 2.43. The zero-order chi connectivity index (χ0) is 12.6. The molecule has 1 N–H and O–H groups in total. The van der Waals surface area contributed by atoms with Crippen LogP contribution in [0.5, 0.6) is 0 Å². The first-order chi connectivity index (χ1) is 7.49. The van der Waals surface area contributed by atoms with Crippen molar-refractivity contribution >= 4 is 11.9 Å². The number of aliphatic carboxylic acids is 1. The summed E-state index contributed by atoms with van der Waals surface area (Å²) in [5.74, 6) is -0.857. The second kappa shape index (κ2) is 8.13. The molecule has 0 fully saturated rings. The van der Waals surface area contributed by atoms with E-state index >= 15 is 0 Å². The summed E-state index contributed by atoms with van der Waals surface area (Å²) in [6.45, 7) is 6.80. The lowest BCUT2D eigenvalue weighted by Crippen LogP contribution is -2.36. The summed E-state index contributed by atoms with van der Waals surface area (Å²) in [5.41, 5.74) is 0. The number of carboxylic acids is 1. The molecule has 0 bridgehead atoms. The topological polar surface area (TPSA) is 57.6 Å². The zero-order valence-electron chi connectivity index (χ0n) is 10.5. The predicted molar refractivity (Wildman–Crippen MR) is 63.2 cm³/mol. The van der Waals surface area contributed by atoms with Crippen molar-refractivity contribution in [3.63, 3.8) is 0 Å². The second-order valence-electron chi connectivity index (χ2n) is 4.33. The van der Waals surface area contributed by atoms with E-state index in [0.717, 1.165) is 19.3 Å². The van der Waals surface area contributed by atoms with Crippen molar-refractivity contribution in [3.8, 4) is 0 Å². The SMILES string of the molecule is CCCCCN(CCC(=O)O)C(=O)C(C)C. The number of rotatable bonds is 8. The van der Waals surface area contributed by atoms with Crippen LogP contribution in [0.3, 0.4) is 0 Å². The molecule has 0 heterocycles. The molecule has 1 amide bonds. The lowest BCUT2D eigenvalue weighted by molar-refractivity contribution is -0.139. The summed E-state index contributed by atoms with van der Waals surface area (Å²) in [6.07, 6.45) is 3.16. The standard InChI is InChI=1S/C12H23NO3/c1-4-5-6-8-13(9-7-11(14)15)12(16)10(2)3/h10H,4-9H2,1-3H3,(H,14,15). The molecule has 0 aliphatic rings. The molecule has 0 spiro atoms. The average Bonchev–Trinajstić information content (AvgIpc) is 2.21. The number of carboxylic acid groups (broad SMARTS) is 1. The summed E-state index contributed by atoms with van der Waals surface area (Å²) in [4.78, 5) is 23.9. The van der Waals surface area contributed by atoms with Gasteiger partial charge in [0.1, 0.15) is 0 Å². The first-order valence-electron chi connectivity index (χ1n) is 5.99. The maximum atomic E-state index is 11.8. The fourth-order valence-electron chi connectivity index (χ4n) is 1.48. The minimum atomic E-state index is -0.850. The third kappa shape index (κ3) is 6.43. The highest BCUT2D eigenvalue weighted by Crippen LogP contribution is 2.06. The molecule has 0 aliphatic carbocycles. The quantitative estimate of drug-likeness (QED) is 0.649. The third-order valence-electron chi connectivity index (χ3n) is 2.43. The van der Waals surface area contributed by atoms with Gasteiger partial charge >= 0.3 is 5.97 Å². The Labute approximate surface area is 97.6 Å². The van der Waals surface area contributed by atoms with Crippen LogP contribution in [-0.4, -0.2) is 35.0 Å². The maximum absolute atomic E-state index is 11.8. The normalized spacial score (nSPS) is 10.5. The Hall–Kier alpha value is -1.06. The van der Waals surface area contributed by atoms with Gasteiger partial charge in [-0.05, 0) is 6.42 Å². The predicted octanol–water partition coefficient (Wildman–Crippen LogP) is 2.14. The number of carbonyl (C=O) groups excluding carboxylic acids is 1. The highest BCUT2D eigenvalue weighted by atomic mass is 16.4. The Morgan fingerprint density at radius 1 is 1.19 bits per heavy atom. The monoisotopic (exact) mass is 229 g/mol. The molecule has 0 aromatic carbocycles. The van der Waals surface area contributed by atoms with E-state index in [1.807, 2.05) is 13.8 Å². The highest BCUT2D eigenvalue weighted by molar-refractivity contribution is 5.78. The Bertz CT molecular complexity index is 226. The molecule has 0 rings (SSSR count). The molecule has 94 valence electrons. The van der Waals surface area contributed by atoms with Gasteiger partial charge in [0.2, 0.25) is 5.91 Å². The van der Waals surface area contributed by atoms with Crippen LogP contribution in [0.1, 0.15) is 46.5 Å².